The minimum Gasteiger partial charge on any atom is -0.460 e. The molecule has 5 N–H and O–H groups in total. The van der Waals surface area contributed by atoms with Gasteiger partial charge in [0, 0.05) is 18.8 Å². The first-order chi connectivity index (χ1) is 20.3. The number of allylic oxidation sites excluding steroid dienone is 1. The number of rotatable bonds is 16. The number of esters is 1. The van der Waals surface area contributed by atoms with Gasteiger partial charge < -0.3 is 31.1 Å². The Kier molecular flexibility index (Phi) is 18.2. The number of aliphatic hydroxyl groups excluding tert-OH is 1. The number of primary amides is 1. The van der Waals surface area contributed by atoms with E-state index in [9.17, 15) is 29.1 Å². The van der Waals surface area contributed by atoms with Crippen LogP contribution in [0, 0.1) is 11.8 Å². The van der Waals surface area contributed by atoms with Gasteiger partial charge in [0.2, 0.25) is 23.6 Å². The van der Waals surface area contributed by atoms with E-state index in [1.54, 1.807) is 0 Å². The van der Waals surface area contributed by atoms with Gasteiger partial charge >= 0.3 is 5.97 Å². The largest absolute Gasteiger partial charge is 0.460 e. The van der Waals surface area contributed by atoms with E-state index in [-0.39, 0.29) is 18.0 Å². The van der Waals surface area contributed by atoms with Crippen LogP contribution in [0.25, 0.3) is 0 Å². The Morgan fingerprint density at radius 1 is 1.00 bits per heavy atom. The fraction of sp³-hybridized carbons (Fsp3) is 0.719. The summed E-state index contributed by atoms with van der Waals surface area (Å²) in [6, 6.07) is -1.81. The standard InChI is InChI=1S/C32H54N4O7/c1-6-22(2)16-14-12-10-8-7-9-11-13-15-17-23(3)25-20-26(37)34-24(4)18-19-28(39)36(5)21-27(38)35-29(32(42)43-25)30(40)31(33)41/h18-19,22-23,25,29-30,40H,4,6-17,20-21H2,1-3,5H3,(H2,33,41)(H,34,37)(H,35,38)/b19-18+. The van der Waals surface area contributed by atoms with Gasteiger partial charge in [-0.1, -0.05) is 98.0 Å². The second-order valence-electron chi connectivity index (χ2n) is 11.9. The number of aliphatic hydroxyl groups is 1. The maximum atomic E-state index is 13.1. The lowest BCUT2D eigenvalue weighted by Crippen LogP contribution is -2.56. The Hall–Kier alpha value is -3.21. The van der Waals surface area contributed by atoms with Gasteiger partial charge in [-0.2, -0.15) is 0 Å². The highest BCUT2D eigenvalue weighted by atomic mass is 16.5. The van der Waals surface area contributed by atoms with Crippen LogP contribution in [0.4, 0.5) is 0 Å². The SMILES string of the molecule is C=C1/C=C/C(=O)N(C)CC(=O)NC(C(O)C(N)=O)C(=O)OC(C(C)CCCCCCCCCCCC(C)CC)CC(=O)N1. The number of ether oxygens (including phenoxy) is 1. The maximum absolute atomic E-state index is 13.1. The Balaban J connectivity index is 2.78. The summed E-state index contributed by atoms with van der Waals surface area (Å²) in [5, 5.41) is 15.1. The van der Waals surface area contributed by atoms with Crippen molar-refractivity contribution in [2.24, 2.45) is 17.6 Å². The maximum Gasteiger partial charge on any atom is 0.332 e. The Morgan fingerprint density at radius 3 is 2.12 bits per heavy atom. The zero-order valence-electron chi connectivity index (χ0n) is 26.6. The quantitative estimate of drug-likeness (QED) is 0.154. The van der Waals surface area contributed by atoms with E-state index in [2.05, 4.69) is 31.1 Å². The molecule has 0 fully saturated rings. The van der Waals surface area contributed by atoms with E-state index < -0.39 is 54.4 Å². The molecule has 0 aromatic rings. The van der Waals surface area contributed by atoms with Gasteiger partial charge in [-0.15, -0.1) is 0 Å². The van der Waals surface area contributed by atoms with Gasteiger partial charge in [0.1, 0.15) is 6.10 Å². The fourth-order valence-corrected chi connectivity index (χ4v) is 4.87. The summed E-state index contributed by atoms with van der Waals surface area (Å²) in [6.45, 7) is 9.66. The van der Waals surface area contributed by atoms with Crippen molar-refractivity contribution < 1.29 is 33.8 Å². The molecule has 0 aromatic carbocycles. The molecule has 244 valence electrons. The van der Waals surface area contributed by atoms with Gasteiger partial charge in [0.05, 0.1) is 13.0 Å². The summed E-state index contributed by atoms with van der Waals surface area (Å²) in [4.78, 5) is 63.5. The fourth-order valence-electron chi connectivity index (χ4n) is 4.87. The first kappa shape index (κ1) is 37.8. The average molecular weight is 607 g/mol. The first-order valence-corrected chi connectivity index (χ1v) is 15.7. The molecular formula is C32H54N4O7. The molecule has 0 saturated carbocycles. The highest BCUT2D eigenvalue weighted by Crippen LogP contribution is 2.21. The van der Waals surface area contributed by atoms with Gasteiger partial charge in [-0.3, -0.25) is 19.2 Å². The van der Waals surface area contributed by atoms with Gasteiger partial charge in [-0.25, -0.2) is 4.79 Å². The van der Waals surface area contributed by atoms with Crippen LogP contribution in [0.3, 0.4) is 0 Å². The molecule has 0 radical (unpaired) electrons. The summed E-state index contributed by atoms with van der Waals surface area (Å²) in [5.41, 5.74) is 5.36. The lowest BCUT2D eigenvalue weighted by atomic mass is 9.94. The monoisotopic (exact) mass is 606 g/mol. The summed E-state index contributed by atoms with van der Waals surface area (Å²) < 4.78 is 5.63. The molecule has 1 aliphatic rings. The second kappa shape index (κ2) is 20.7. The predicted molar refractivity (Wildman–Crippen MR) is 165 cm³/mol. The molecular weight excluding hydrogens is 552 g/mol. The van der Waals surface area contributed by atoms with E-state index in [4.69, 9.17) is 10.5 Å². The topological polar surface area (TPSA) is 168 Å². The molecule has 0 aromatic heterocycles. The molecule has 5 atom stereocenters. The second-order valence-corrected chi connectivity index (χ2v) is 11.9. The average Bonchev–Trinajstić information content (AvgIpc) is 2.95. The molecule has 0 bridgehead atoms. The minimum atomic E-state index is -2.07. The lowest BCUT2D eigenvalue weighted by molar-refractivity contribution is -0.162. The predicted octanol–water partition coefficient (Wildman–Crippen LogP) is 3.25. The zero-order valence-corrected chi connectivity index (χ0v) is 26.6. The number of hydrogen-bond donors (Lipinski definition) is 4. The third-order valence-corrected chi connectivity index (χ3v) is 8.00. The van der Waals surface area contributed by atoms with Crippen LogP contribution < -0.4 is 16.4 Å². The van der Waals surface area contributed by atoms with E-state index in [1.165, 1.54) is 64.5 Å². The van der Waals surface area contributed by atoms with Gasteiger partial charge in [0.15, 0.2) is 12.1 Å². The summed E-state index contributed by atoms with van der Waals surface area (Å²) in [5.74, 6) is -3.64. The van der Waals surface area contributed by atoms with E-state index in [0.717, 1.165) is 36.2 Å². The summed E-state index contributed by atoms with van der Waals surface area (Å²) in [7, 11) is 1.34. The highest BCUT2D eigenvalue weighted by Gasteiger charge is 2.36. The Morgan fingerprint density at radius 2 is 1.56 bits per heavy atom. The Bertz CT molecular complexity index is 967. The molecule has 1 aliphatic heterocycles. The number of hydrogen-bond acceptors (Lipinski definition) is 7. The number of amides is 4. The lowest BCUT2D eigenvalue weighted by Gasteiger charge is -2.28. The van der Waals surface area contributed by atoms with Crippen LogP contribution in [0.1, 0.15) is 104 Å². The van der Waals surface area contributed by atoms with Crippen molar-refractivity contribution in [1.82, 2.24) is 15.5 Å². The van der Waals surface area contributed by atoms with Crippen molar-refractivity contribution in [1.29, 1.82) is 0 Å². The molecule has 11 nitrogen and oxygen atoms in total. The molecule has 0 spiro atoms. The van der Waals surface area contributed by atoms with E-state index in [0.29, 0.717) is 6.42 Å². The molecule has 43 heavy (non-hydrogen) atoms. The number of nitrogens with one attached hydrogen (secondary N) is 2. The number of carbonyl (C=O) groups excluding carboxylic acids is 5. The molecule has 4 amide bonds. The summed E-state index contributed by atoms with van der Waals surface area (Å²) in [6.07, 6.45) is 13.0. The number of likely N-dealkylation sites (N-methyl/N-ethyl adjacent to an activating group) is 1. The van der Waals surface area contributed by atoms with Crippen LogP contribution >= 0.6 is 0 Å². The van der Waals surface area contributed by atoms with Crippen LogP contribution in [0.2, 0.25) is 0 Å². The number of cyclic esters (lactones) is 1. The number of nitrogens with zero attached hydrogens (tertiary/aromatic N) is 1. The van der Waals surface area contributed by atoms with Crippen LogP contribution in [-0.2, 0) is 28.7 Å². The molecule has 1 rings (SSSR count). The van der Waals surface area contributed by atoms with Crippen LogP contribution in [-0.4, -0.2) is 71.4 Å². The van der Waals surface area contributed by atoms with Gasteiger partial charge in [-0.05, 0) is 24.3 Å². The van der Waals surface area contributed by atoms with Crippen LogP contribution in [0.5, 0.6) is 0 Å². The molecule has 0 aliphatic carbocycles. The van der Waals surface area contributed by atoms with E-state index in [1.807, 2.05) is 6.92 Å². The van der Waals surface area contributed by atoms with Crippen molar-refractivity contribution in [3.8, 4) is 0 Å². The number of nitrogens with two attached hydrogens (primary N) is 1. The number of unbranched alkanes of at least 4 members (excludes halogenated alkanes) is 8. The molecule has 0 saturated heterocycles. The third-order valence-electron chi connectivity index (χ3n) is 8.00. The smallest absolute Gasteiger partial charge is 0.332 e. The van der Waals surface area contributed by atoms with Crippen LogP contribution in [0.15, 0.2) is 24.4 Å². The van der Waals surface area contributed by atoms with Crippen molar-refractivity contribution >= 4 is 29.6 Å². The van der Waals surface area contributed by atoms with Crippen molar-refractivity contribution in [2.75, 3.05) is 13.6 Å². The highest BCUT2D eigenvalue weighted by molar-refractivity contribution is 5.95. The normalized spacial score (nSPS) is 22.0. The van der Waals surface area contributed by atoms with Crippen molar-refractivity contribution in [2.45, 2.75) is 122 Å². The first-order valence-electron chi connectivity index (χ1n) is 15.7. The third kappa shape index (κ3) is 15.7. The summed E-state index contributed by atoms with van der Waals surface area (Å²) >= 11 is 0. The number of carbonyl (C=O) groups is 5. The van der Waals surface area contributed by atoms with E-state index >= 15 is 0 Å². The van der Waals surface area contributed by atoms with Crippen molar-refractivity contribution in [3.05, 3.63) is 24.4 Å². The molecule has 1 heterocycles. The van der Waals surface area contributed by atoms with Crippen molar-refractivity contribution in [3.63, 3.8) is 0 Å². The zero-order chi connectivity index (χ0) is 32.4. The van der Waals surface area contributed by atoms with Gasteiger partial charge in [0.25, 0.3) is 0 Å². The molecule has 11 heteroatoms. The Labute approximate surface area is 257 Å². The molecule has 5 unspecified atom stereocenters. The minimum absolute atomic E-state index is 0.154.